The van der Waals surface area contributed by atoms with E-state index >= 15 is 0 Å². The van der Waals surface area contributed by atoms with Gasteiger partial charge in [0.2, 0.25) is 0 Å². The van der Waals surface area contributed by atoms with Gasteiger partial charge in [0.15, 0.2) is 0 Å². The minimum atomic E-state index is -1.00. The van der Waals surface area contributed by atoms with Crippen LogP contribution in [0.3, 0.4) is 0 Å². The molecule has 72 valence electrons. The normalized spacial score (nSPS) is 31.8. The zero-order valence-electron chi connectivity index (χ0n) is 9.09. The third-order valence-corrected chi connectivity index (χ3v) is 7.40. The van der Waals surface area contributed by atoms with E-state index in [9.17, 15) is 0 Å². The second-order valence-corrected chi connectivity index (χ2v) is 9.40. The fourth-order valence-corrected chi connectivity index (χ4v) is 7.36. The van der Waals surface area contributed by atoms with Gasteiger partial charge in [-0.05, 0) is 13.3 Å². The molecule has 1 heterocycles. The molecule has 1 atom stereocenters. The Hall–Kier alpha value is -0.823. The van der Waals surface area contributed by atoms with E-state index in [0.29, 0.717) is 5.92 Å². The molecule has 0 nitrogen and oxygen atoms in total. The quantitative estimate of drug-likeness (QED) is 0.568. The third-order valence-electron chi connectivity index (χ3n) is 3.83. The molecular weight excluding hydrogens is 184 g/mol. The lowest BCUT2D eigenvalue weighted by molar-refractivity contribution is 0.928. The molecule has 0 saturated carbocycles. The van der Waals surface area contributed by atoms with Crippen molar-refractivity contribution >= 4 is 8.07 Å². The lowest BCUT2D eigenvalue weighted by Gasteiger charge is -2.17. The molecular formula is C13H16Si. The standard InChI is InChI=1S/C13H16Si/c1-9-8-11(10-6-4-5-7-10)13-12(9)14(13,2)3/h4-6,8,11H,7H2,1-3H3. The van der Waals surface area contributed by atoms with Gasteiger partial charge in [-0.25, -0.2) is 0 Å². The highest BCUT2D eigenvalue weighted by Crippen LogP contribution is 2.57. The summed E-state index contributed by atoms with van der Waals surface area (Å²) in [5, 5.41) is 3.60. The van der Waals surface area contributed by atoms with Crippen molar-refractivity contribution in [2.75, 3.05) is 0 Å². The first-order valence-corrected chi connectivity index (χ1v) is 8.42. The predicted octanol–water partition coefficient (Wildman–Crippen LogP) is 3.55. The SMILES string of the molecule is CC1=CC(C2=CC=CC2)C2=C1[Si]2(C)C. The summed E-state index contributed by atoms with van der Waals surface area (Å²) in [6.45, 7) is 7.27. The Kier molecular flexibility index (Phi) is 1.45. The maximum absolute atomic E-state index is 2.49. The van der Waals surface area contributed by atoms with Crippen LogP contribution in [0.5, 0.6) is 0 Å². The molecule has 14 heavy (non-hydrogen) atoms. The fourth-order valence-electron chi connectivity index (χ4n) is 3.15. The van der Waals surface area contributed by atoms with Crippen LogP contribution in [0.4, 0.5) is 0 Å². The molecule has 1 unspecified atom stereocenters. The monoisotopic (exact) mass is 200 g/mol. The van der Waals surface area contributed by atoms with Gasteiger partial charge in [-0.2, -0.15) is 0 Å². The van der Waals surface area contributed by atoms with Crippen LogP contribution in [-0.4, -0.2) is 8.07 Å². The molecule has 0 N–H and O–H groups in total. The van der Waals surface area contributed by atoms with Crippen LogP contribution < -0.4 is 0 Å². The van der Waals surface area contributed by atoms with Crippen LogP contribution in [0, 0.1) is 5.92 Å². The van der Waals surface area contributed by atoms with Gasteiger partial charge in [-0.1, -0.05) is 58.9 Å². The first kappa shape index (κ1) is 8.48. The number of rotatable bonds is 1. The molecule has 0 aromatic heterocycles. The van der Waals surface area contributed by atoms with E-state index in [4.69, 9.17) is 0 Å². The molecule has 1 aliphatic heterocycles. The van der Waals surface area contributed by atoms with Crippen molar-refractivity contribution in [1.82, 2.24) is 0 Å². The van der Waals surface area contributed by atoms with E-state index in [1.165, 1.54) is 6.42 Å². The molecule has 0 bridgehead atoms. The third kappa shape index (κ3) is 0.884. The topological polar surface area (TPSA) is 0 Å². The van der Waals surface area contributed by atoms with Gasteiger partial charge in [0.1, 0.15) is 8.07 Å². The molecule has 0 aromatic carbocycles. The molecule has 0 saturated heterocycles. The van der Waals surface area contributed by atoms with Gasteiger partial charge in [0.25, 0.3) is 0 Å². The van der Waals surface area contributed by atoms with E-state index in [2.05, 4.69) is 44.3 Å². The Morgan fingerprint density at radius 2 is 2.14 bits per heavy atom. The molecule has 0 aromatic rings. The van der Waals surface area contributed by atoms with Crippen molar-refractivity contribution in [3.05, 3.63) is 45.8 Å². The average Bonchev–Trinajstić information content (AvgIpc) is 2.59. The maximum Gasteiger partial charge on any atom is 0.108 e. The fraction of sp³-hybridized carbons (Fsp3) is 0.385. The summed E-state index contributed by atoms with van der Waals surface area (Å²) in [6.07, 6.45) is 10.4. The Morgan fingerprint density at radius 1 is 1.36 bits per heavy atom. The molecule has 0 fully saturated rings. The highest BCUT2D eigenvalue weighted by molar-refractivity contribution is 7.02. The summed E-state index contributed by atoms with van der Waals surface area (Å²) in [4.78, 5) is 0. The Morgan fingerprint density at radius 3 is 2.64 bits per heavy atom. The minimum Gasteiger partial charge on any atom is -0.0804 e. The smallest absolute Gasteiger partial charge is 0.0804 e. The zero-order valence-corrected chi connectivity index (χ0v) is 10.1. The molecule has 0 amide bonds. The molecule has 3 rings (SSSR count). The first-order chi connectivity index (χ1) is 6.62. The lowest BCUT2D eigenvalue weighted by atomic mass is 10.00. The number of allylic oxidation sites excluding steroid dienone is 8. The second-order valence-electron chi connectivity index (χ2n) is 5.11. The van der Waals surface area contributed by atoms with Crippen LogP contribution in [-0.2, 0) is 0 Å². The van der Waals surface area contributed by atoms with E-state index < -0.39 is 8.07 Å². The molecule has 1 heteroatoms. The summed E-state index contributed by atoms with van der Waals surface area (Å²) in [5.41, 5.74) is 3.20. The maximum atomic E-state index is 2.49. The van der Waals surface area contributed by atoms with Gasteiger partial charge < -0.3 is 0 Å². The molecule has 0 radical (unpaired) electrons. The van der Waals surface area contributed by atoms with Crippen LogP contribution >= 0.6 is 0 Å². The van der Waals surface area contributed by atoms with E-state index in [1.54, 1.807) is 16.3 Å². The van der Waals surface area contributed by atoms with Crippen molar-refractivity contribution in [1.29, 1.82) is 0 Å². The largest absolute Gasteiger partial charge is 0.108 e. The van der Waals surface area contributed by atoms with Crippen LogP contribution in [0.1, 0.15) is 13.3 Å². The van der Waals surface area contributed by atoms with E-state index in [1.807, 2.05) is 5.20 Å². The Bertz CT molecular complexity index is 430. The minimum absolute atomic E-state index is 0.696. The average molecular weight is 200 g/mol. The van der Waals surface area contributed by atoms with Gasteiger partial charge in [0, 0.05) is 5.92 Å². The van der Waals surface area contributed by atoms with Crippen LogP contribution in [0.15, 0.2) is 45.8 Å². The molecule has 0 spiro atoms. The lowest BCUT2D eigenvalue weighted by Crippen LogP contribution is -2.18. The van der Waals surface area contributed by atoms with Gasteiger partial charge in [-0.15, -0.1) is 0 Å². The zero-order chi connectivity index (χ0) is 9.92. The van der Waals surface area contributed by atoms with Crippen molar-refractivity contribution in [2.45, 2.75) is 26.4 Å². The summed E-state index contributed by atoms with van der Waals surface area (Å²) in [6, 6.07) is 0. The number of hydrogen-bond acceptors (Lipinski definition) is 0. The van der Waals surface area contributed by atoms with Crippen molar-refractivity contribution in [2.24, 2.45) is 5.92 Å². The van der Waals surface area contributed by atoms with E-state index in [-0.39, 0.29) is 0 Å². The summed E-state index contributed by atoms with van der Waals surface area (Å²) in [5.74, 6) is 0.696. The summed E-state index contributed by atoms with van der Waals surface area (Å²) in [7, 11) is -1.00. The van der Waals surface area contributed by atoms with Gasteiger partial charge >= 0.3 is 0 Å². The Labute approximate surface area is 86.7 Å². The summed E-state index contributed by atoms with van der Waals surface area (Å²) >= 11 is 0. The summed E-state index contributed by atoms with van der Waals surface area (Å²) < 4.78 is 0. The van der Waals surface area contributed by atoms with Crippen molar-refractivity contribution in [3.8, 4) is 0 Å². The van der Waals surface area contributed by atoms with Crippen LogP contribution in [0.2, 0.25) is 13.1 Å². The van der Waals surface area contributed by atoms with Crippen molar-refractivity contribution < 1.29 is 0 Å². The highest BCUT2D eigenvalue weighted by atomic mass is 28.3. The first-order valence-electron chi connectivity index (χ1n) is 5.42. The molecule has 2 aliphatic carbocycles. The predicted molar refractivity (Wildman–Crippen MR) is 63.6 cm³/mol. The van der Waals surface area contributed by atoms with Gasteiger partial charge in [0.05, 0.1) is 0 Å². The van der Waals surface area contributed by atoms with Gasteiger partial charge in [-0.3, -0.25) is 0 Å². The number of hydrogen-bond donors (Lipinski definition) is 0. The van der Waals surface area contributed by atoms with Crippen LogP contribution in [0.25, 0.3) is 0 Å². The van der Waals surface area contributed by atoms with E-state index in [0.717, 1.165) is 0 Å². The highest BCUT2D eigenvalue weighted by Gasteiger charge is 2.53. The van der Waals surface area contributed by atoms with Crippen molar-refractivity contribution in [3.63, 3.8) is 0 Å². The Balaban J connectivity index is 1.95. The molecule has 3 aliphatic rings. The second kappa shape index (κ2) is 2.40.